The summed E-state index contributed by atoms with van der Waals surface area (Å²) in [7, 11) is 0. The fourth-order valence-electron chi connectivity index (χ4n) is 3.92. The highest BCUT2D eigenvalue weighted by Crippen LogP contribution is 2.50. The van der Waals surface area contributed by atoms with Crippen molar-refractivity contribution in [1.82, 2.24) is 10.2 Å². The van der Waals surface area contributed by atoms with Crippen molar-refractivity contribution in [2.45, 2.75) is 12.3 Å². The molecule has 4 rings (SSSR count). The lowest BCUT2D eigenvalue weighted by molar-refractivity contribution is -0.131. The van der Waals surface area contributed by atoms with Crippen LogP contribution in [0, 0.1) is 29.4 Å². The Hall–Kier alpha value is -1.20. The van der Waals surface area contributed by atoms with E-state index in [1.165, 1.54) is 18.2 Å². The Labute approximate surface area is 134 Å². The molecule has 3 fully saturated rings. The lowest BCUT2D eigenvalue weighted by Crippen LogP contribution is -2.33. The predicted octanol–water partition coefficient (Wildman–Crippen LogP) is 2.17. The van der Waals surface area contributed by atoms with Crippen LogP contribution >= 0.6 is 12.4 Å². The van der Waals surface area contributed by atoms with E-state index in [0.717, 1.165) is 26.2 Å². The molecular weight excluding hydrogens is 310 g/mol. The average Bonchev–Trinajstić information content (AvgIpc) is 2.90. The molecule has 2 saturated heterocycles. The second kappa shape index (κ2) is 5.78. The van der Waals surface area contributed by atoms with E-state index in [9.17, 15) is 13.6 Å². The first kappa shape index (κ1) is 15.7. The Morgan fingerprint density at radius 3 is 2.32 bits per heavy atom. The lowest BCUT2D eigenvalue weighted by Gasteiger charge is -2.17. The van der Waals surface area contributed by atoms with Crippen LogP contribution in [-0.4, -0.2) is 37.0 Å². The third-order valence-electron chi connectivity index (χ3n) is 5.18. The summed E-state index contributed by atoms with van der Waals surface area (Å²) in [6, 6.07) is 3.90. The molecule has 1 aliphatic carbocycles. The van der Waals surface area contributed by atoms with Crippen LogP contribution in [-0.2, 0) is 4.79 Å². The van der Waals surface area contributed by atoms with Crippen molar-refractivity contribution in [3.63, 3.8) is 0 Å². The molecule has 1 N–H and O–H groups in total. The van der Waals surface area contributed by atoms with Gasteiger partial charge >= 0.3 is 0 Å². The molecule has 0 radical (unpaired) electrons. The topological polar surface area (TPSA) is 32.3 Å². The van der Waals surface area contributed by atoms with Crippen molar-refractivity contribution in [2.75, 3.05) is 26.2 Å². The molecule has 0 spiro atoms. The second-order valence-corrected chi connectivity index (χ2v) is 6.51. The van der Waals surface area contributed by atoms with Crippen molar-refractivity contribution < 1.29 is 13.6 Å². The Kier molecular flexibility index (Phi) is 4.12. The summed E-state index contributed by atoms with van der Waals surface area (Å²) in [6.07, 6.45) is 0.570. The van der Waals surface area contributed by atoms with Gasteiger partial charge in [-0.05, 0) is 30.4 Å². The smallest absolute Gasteiger partial charge is 0.226 e. The van der Waals surface area contributed by atoms with Crippen molar-refractivity contribution >= 4 is 18.3 Å². The minimum Gasteiger partial charge on any atom is -0.342 e. The molecule has 3 aliphatic rings. The number of carbonyl (C=O) groups excluding carboxylic acids is 1. The zero-order valence-corrected chi connectivity index (χ0v) is 12.9. The molecule has 1 aromatic carbocycles. The highest BCUT2D eigenvalue weighted by molar-refractivity contribution is 5.85. The molecule has 2 heterocycles. The van der Waals surface area contributed by atoms with Gasteiger partial charge in [0.2, 0.25) is 5.91 Å². The normalized spacial score (nSPS) is 32.5. The number of fused-ring (bicyclic) bond motifs is 1. The van der Waals surface area contributed by atoms with Crippen LogP contribution in [0.2, 0.25) is 0 Å². The maximum atomic E-state index is 13.8. The molecule has 1 amide bonds. The fraction of sp³-hybridized carbons (Fsp3) is 0.562. The number of halogens is 3. The first-order valence-electron chi connectivity index (χ1n) is 7.58. The number of benzene rings is 1. The third-order valence-corrected chi connectivity index (χ3v) is 5.18. The molecule has 4 atom stereocenters. The summed E-state index contributed by atoms with van der Waals surface area (Å²) < 4.78 is 27.5. The number of likely N-dealkylation sites (tertiary alicyclic amines) is 1. The molecule has 0 aromatic heterocycles. The van der Waals surface area contributed by atoms with Crippen LogP contribution in [0.3, 0.4) is 0 Å². The molecule has 1 saturated carbocycles. The Bertz CT molecular complexity index is 565. The van der Waals surface area contributed by atoms with E-state index < -0.39 is 11.6 Å². The number of nitrogens with zero attached hydrogens (tertiary/aromatic N) is 1. The van der Waals surface area contributed by atoms with Gasteiger partial charge in [0, 0.05) is 43.6 Å². The number of amides is 1. The highest BCUT2D eigenvalue weighted by atomic mass is 35.5. The molecule has 3 nitrogen and oxygen atoms in total. The Morgan fingerprint density at radius 1 is 1.14 bits per heavy atom. The minimum atomic E-state index is -0.530. The zero-order valence-electron chi connectivity index (χ0n) is 12.1. The van der Waals surface area contributed by atoms with Crippen LogP contribution in [0.4, 0.5) is 8.78 Å². The average molecular weight is 329 g/mol. The molecule has 2 unspecified atom stereocenters. The monoisotopic (exact) mass is 328 g/mol. The van der Waals surface area contributed by atoms with Crippen molar-refractivity contribution in [1.29, 1.82) is 0 Å². The molecule has 2 aliphatic heterocycles. The van der Waals surface area contributed by atoms with Gasteiger partial charge < -0.3 is 10.2 Å². The van der Waals surface area contributed by atoms with E-state index in [1.54, 1.807) is 0 Å². The zero-order chi connectivity index (χ0) is 14.6. The molecule has 120 valence electrons. The Balaban J connectivity index is 0.00000144. The standard InChI is InChI=1S/C16H18F2N2O.ClH/c17-13-2-1-3-14(18)15(13)11-4-12(11)16(21)20-7-9-5-19-6-10(9)8-20;/h1-3,9-12,19H,4-8H2;1H/t9-,10+,11?,12?;. The van der Waals surface area contributed by atoms with Gasteiger partial charge in [0.25, 0.3) is 0 Å². The predicted molar refractivity (Wildman–Crippen MR) is 80.9 cm³/mol. The van der Waals surface area contributed by atoms with Crippen molar-refractivity contribution in [3.8, 4) is 0 Å². The summed E-state index contributed by atoms with van der Waals surface area (Å²) in [4.78, 5) is 14.4. The fourth-order valence-corrected chi connectivity index (χ4v) is 3.92. The maximum absolute atomic E-state index is 13.8. The highest BCUT2D eigenvalue weighted by Gasteiger charge is 2.50. The molecule has 22 heavy (non-hydrogen) atoms. The van der Waals surface area contributed by atoms with Crippen molar-refractivity contribution in [3.05, 3.63) is 35.4 Å². The summed E-state index contributed by atoms with van der Waals surface area (Å²) in [5.41, 5.74) is 0.0944. The van der Waals surface area contributed by atoms with E-state index in [1.807, 2.05) is 4.90 Å². The molecule has 0 bridgehead atoms. The third kappa shape index (κ3) is 2.50. The first-order valence-corrected chi connectivity index (χ1v) is 7.58. The van der Waals surface area contributed by atoms with Crippen LogP contribution in [0.25, 0.3) is 0 Å². The van der Waals surface area contributed by atoms with Gasteiger partial charge in [-0.1, -0.05) is 6.07 Å². The van der Waals surface area contributed by atoms with Crippen LogP contribution in [0.15, 0.2) is 18.2 Å². The summed E-state index contributed by atoms with van der Waals surface area (Å²) in [6.45, 7) is 3.54. The molecular formula is C16H19ClF2N2O. The van der Waals surface area contributed by atoms with Gasteiger partial charge in [-0.15, -0.1) is 12.4 Å². The SMILES string of the molecule is Cl.O=C(C1CC1c1c(F)cccc1F)N1C[C@H]2CNC[C@H]2C1. The van der Waals surface area contributed by atoms with Gasteiger partial charge in [0.15, 0.2) is 0 Å². The van der Waals surface area contributed by atoms with Gasteiger partial charge in [0.1, 0.15) is 11.6 Å². The first-order chi connectivity index (χ1) is 10.1. The largest absolute Gasteiger partial charge is 0.342 e. The van der Waals surface area contributed by atoms with Gasteiger partial charge in [-0.2, -0.15) is 0 Å². The number of hydrogen-bond donors (Lipinski definition) is 1. The Morgan fingerprint density at radius 2 is 1.73 bits per heavy atom. The van der Waals surface area contributed by atoms with E-state index in [-0.39, 0.29) is 35.7 Å². The summed E-state index contributed by atoms with van der Waals surface area (Å²) >= 11 is 0. The van der Waals surface area contributed by atoms with Crippen molar-refractivity contribution in [2.24, 2.45) is 17.8 Å². The lowest BCUT2D eigenvalue weighted by atomic mass is 10.0. The summed E-state index contributed by atoms with van der Waals surface area (Å²) in [5.74, 6) is -0.388. The van der Waals surface area contributed by atoms with E-state index in [0.29, 0.717) is 18.3 Å². The number of carbonyl (C=O) groups is 1. The summed E-state index contributed by atoms with van der Waals surface area (Å²) in [5, 5.41) is 3.34. The van der Waals surface area contributed by atoms with Gasteiger partial charge in [-0.25, -0.2) is 8.78 Å². The quantitative estimate of drug-likeness (QED) is 0.902. The minimum absolute atomic E-state index is 0. The molecule has 1 aromatic rings. The molecule has 6 heteroatoms. The maximum Gasteiger partial charge on any atom is 0.226 e. The van der Waals surface area contributed by atoms with E-state index >= 15 is 0 Å². The van der Waals surface area contributed by atoms with Crippen LogP contribution in [0.5, 0.6) is 0 Å². The second-order valence-electron chi connectivity index (χ2n) is 6.51. The number of nitrogens with one attached hydrogen (secondary N) is 1. The van der Waals surface area contributed by atoms with Gasteiger partial charge in [-0.3, -0.25) is 4.79 Å². The number of rotatable bonds is 2. The number of hydrogen-bond acceptors (Lipinski definition) is 2. The van der Waals surface area contributed by atoms with Gasteiger partial charge in [0.05, 0.1) is 0 Å². The van der Waals surface area contributed by atoms with Crippen LogP contribution < -0.4 is 5.32 Å². The van der Waals surface area contributed by atoms with E-state index in [2.05, 4.69) is 5.32 Å². The van der Waals surface area contributed by atoms with E-state index in [4.69, 9.17) is 0 Å². The van der Waals surface area contributed by atoms with Crippen LogP contribution in [0.1, 0.15) is 17.9 Å².